The van der Waals surface area contributed by atoms with Crippen molar-refractivity contribution in [1.29, 1.82) is 0 Å². The van der Waals surface area contributed by atoms with Gasteiger partial charge in [-0.2, -0.15) is 0 Å². The Hall–Kier alpha value is -1.43. The molecule has 0 unspecified atom stereocenters. The number of hydrogen-bond acceptors (Lipinski definition) is 3. The summed E-state index contributed by atoms with van der Waals surface area (Å²) >= 11 is 4.86. The van der Waals surface area contributed by atoms with Crippen molar-refractivity contribution in [3.8, 4) is 0 Å². The van der Waals surface area contributed by atoms with E-state index in [0.29, 0.717) is 15.9 Å². The number of fused-ring (bicyclic) bond motifs is 1. The number of rotatable bonds is 3. The Labute approximate surface area is 91.0 Å². The van der Waals surface area contributed by atoms with Gasteiger partial charge in [0.15, 0.2) is 10.4 Å². The van der Waals surface area contributed by atoms with Gasteiger partial charge in [0.05, 0.1) is 0 Å². The van der Waals surface area contributed by atoms with Gasteiger partial charge in [-0.25, -0.2) is 4.98 Å². The Balaban J connectivity index is 2.51. The Bertz CT molecular complexity index is 580. The van der Waals surface area contributed by atoms with Gasteiger partial charge in [-0.15, -0.1) is 0 Å². The number of imidazole rings is 1. The summed E-state index contributed by atoms with van der Waals surface area (Å²) in [6.07, 6.45) is 3.01. The molecule has 2 rings (SSSR count). The molecule has 0 fully saturated rings. The number of H-pyrrole nitrogens is 3. The Morgan fingerprint density at radius 2 is 2.13 bits per heavy atom. The summed E-state index contributed by atoms with van der Waals surface area (Å²) in [7, 11) is 0. The molecule has 0 bridgehead atoms. The first-order chi connectivity index (χ1) is 7.20. The van der Waals surface area contributed by atoms with Gasteiger partial charge in [-0.05, 0) is 18.6 Å². The maximum absolute atomic E-state index is 11.5. The summed E-state index contributed by atoms with van der Waals surface area (Å²) in [5.41, 5.74) is 0.786. The van der Waals surface area contributed by atoms with Crippen LogP contribution < -0.4 is 5.56 Å². The molecule has 6 heteroatoms. The van der Waals surface area contributed by atoms with E-state index in [9.17, 15) is 4.79 Å². The lowest BCUT2D eigenvalue weighted by Gasteiger charge is -1.90. The average Bonchev–Trinajstić information content (AvgIpc) is 2.57. The predicted octanol–water partition coefficient (Wildman–Crippen LogP) is 1.65. The molecule has 5 nitrogen and oxygen atoms in total. The number of aromatic nitrogens is 4. The van der Waals surface area contributed by atoms with Crippen molar-refractivity contribution in [3.63, 3.8) is 0 Å². The Morgan fingerprint density at radius 3 is 2.87 bits per heavy atom. The monoisotopic (exact) mass is 224 g/mol. The van der Waals surface area contributed by atoms with Crippen LogP contribution in [-0.4, -0.2) is 19.9 Å². The molecule has 0 aromatic carbocycles. The fourth-order valence-corrected chi connectivity index (χ4v) is 1.63. The summed E-state index contributed by atoms with van der Waals surface area (Å²) in [5.74, 6) is 0.828. The molecular formula is C9H12N4OS. The lowest BCUT2D eigenvalue weighted by molar-refractivity contribution is 0.764. The van der Waals surface area contributed by atoms with Crippen molar-refractivity contribution in [2.45, 2.75) is 26.2 Å². The van der Waals surface area contributed by atoms with Crippen molar-refractivity contribution in [3.05, 3.63) is 20.9 Å². The number of nitrogens with one attached hydrogen (secondary N) is 3. The van der Waals surface area contributed by atoms with E-state index in [2.05, 4.69) is 26.9 Å². The van der Waals surface area contributed by atoms with E-state index in [4.69, 9.17) is 12.2 Å². The van der Waals surface area contributed by atoms with E-state index >= 15 is 0 Å². The highest BCUT2D eigenvalue weighted by molar-refractivity contribution is 7.71. The van der Waals surface area contributed by atoms with Gasteiger partial charge in [-0.1, -0.05) is 13.3 Å². The minimum absolute atomic E-state index is 0.219. The summed E-state index contributed by atoms with van der Waals surface area (Å²) in [4.78, 5) is 24.1. The van der Waals surface area contributed by atoms with Crippen LogP contribution >= 0.6 is 12.2 Å². The van der Waals surface area contributed by atoms with E-state index < -0.39 is 0 Å². The summed E-state index contributed by atoms with van der Waals surface area (Å²) < 4.78 is 0.307. The second-order valence-corrected chi connectivity index (χ2v) is 3.83. The standard InChI is InChI=1S/C9H12N4OS/c1-2-3-4-5-10-6-7(11-5)12-9(15)13-8(6)14/h2-4H2,1H3,(H3,10,11,12,13,14,15). The smallest absolute Gasteiger partial charge is 0.277 e. The fourth-order valence-electron chi connectivity index (χ4n) is 1.44. The second kappa shape index (κ2) is 3.98. The molecule has 15 heavy (non-hydrogen) atoms. The number of nitrogens with zero attached hydrogens (tertiary/aromatic N) is 1. The quantitative estimate of drug-likeness (QED) is 0.694. The minimum atomic E-state index is -0.219. The van der Waals surface area contributed by atoms with E-state index in [-0.39, 0.29) is 5.56 Å². The molecule has 0 aliphatic heterocycles. The van der Waals surface area contributed by atoms with Gasteiger partial charge in [0.2, 0.25) is 0 Å². The fraction of sp³-hybridized carbons (Fsp3) is 0.444. The highest BCUT2D eigenvalue weighted by Crippen LogP contribution is 2.05. The lowest BCUT2D eigenvalue weighted by Crippen LogP contribution is -2.07. The maximum Gasteiger partial charge on any atom is 0.277 e. The first-order valence-corrected chi connectivity index (χ1v) is 5.32. The van der Waals surface area contributed by atoms with Crippen LogP contribution in [0, 0.1) is 4.77 Å². The summed E-state index contributed by atoms with van der Waals surface area (Å²) in [5, 5.41) is 0. The molecule has 0 atom stereocenters. The summed E-state index contributed by atoms with van der Waals surface area (Å²) in [6.45, 7) is 2.11. The van der Waals surface area contributed by atoms with Crippen LogP contribution in [0.1, 0.15) is 25.6 Å². The third-order valence-electron chi connectivity index (χ3n) is 2.21. The molecule has 0 aliphatic rings. The number of hydrogen-bond donors (Lipinski definition) is 3. The van der Waals surface area contributed by atoms with Gasteiger partial charge in [0.25, 0.3) is 5.56 Å². The first-order valence-electron chi connectivity index (χ1n) is 4.92. The van der Waals surface area contributed by atoms with Crippen LogP contribution in [0.15, 0.2) is 4.79 Å². The van der Waals surface area contributed by atoms with Crippen molar-refractivity contribution >= 4 is 23.4 Å². The molecule has 80 valence electrons. The van der Waals surface area contributed by atoms with Crippen molar-refractivity contribution in [2.75, 3.05) is 0 Å². The molecule has 2 heterocycles. The topological polar surface area (TPSA) is 77.3 Å². The molecule has 0 saturated carbocycles. The van der Waals surface area contributed by atoms with Gasteiger partial charge >= 0.3 is 0 Å². The average molecular weight is 224 g/mol. The third-order valence-corrected chi connectivity index (χ3v) is 2.41. The Morgan fingerprint density at radius 1 is 1.33 bits per heavy atom. The van der Waals surface area contributed by atoms with Crippen LogP contribution in [0.4, 0.5) is 0 Å². The summed E-state index contributed by atoms with van der Waals surface area (Å²) in [6, 6.07) is 0. The number of aryl methyl sites for hydroxylation is 1. The van der Waals surface area contributed by atoms with Gasteiger partial charge in [0.1, 0.15) is 11.3 Å². The SMILES string of the molecule is CCCCc1nc2[nH]c(=S)[nH]c(=O)c2[nH]1. The number of aromatic amines is 3. The van der Waals surface area contributed by atoms with Crippen molar-refractivity contribution < 1.29 is 0 Å². The molecule has 3 N–H and O–H groups in total. The zero-order valence-corrected chi connectivity index (χ0v) is 9.20. The van der Waals surface area contributed by atoms with Crippen LogP contribution in [0.3, 0.4) is 0 Å². The molecule has 0 amide bonds. The van der Waals surface area contributed by atoms with Crippen molar-refractivity contribution in [2.24, 2.45) is 0 Å². The second-order valence-electron chi connectivity index (χ2n) is 3.42. The molecule has 0 spiro atoms. The molecule has 0 radical (unpaired) electrons. The molecule has 2 aromatic rings. The van der Waals surface area contributed by atoms with Crippen LogP contribution in [0.5, 0.6) is 0 Å². The van der Waals surface area contributed by atoms with E-state index in [1.165, 1.54) is 0 Å². The highest BCUT2D eigenvalue weighted by Gasteiger charge is 2.05. The third kappa shape index (κ3) is 1.99. The lowest BCUT2D eigenvalue weighted by atomic mass is 10.2. The van der Waals surface area contributed by atoms with E-state index in [0.717, 1.165) is 25.1 Å². The van der Waals surface area contributed by atoms with Crippen LogP contribution in [0.25, 0.3) is 11.2 Å². The first kappa shape index (κ1) is 10.1. The zero-order chi connectivity index (χ0) is 10.8. The maximum atomic E-state index is 11.5. The predicted molar refractivity (Wildman–Crippen MR) is 60.5 cm³/mol. The normalized spacial score (nSPS) is 11.0. The van der Waals surface area contributed by atoms with Crippen LogP contribution in [-0.2, 0) is 6.42 Å². The molecule has 2 aromatic heterocycles. The Kier molecular flexibility index (Phi) is 2.68. The van der Waals surface area contributed by atoms with Gasteiger partial charge in [-0.3, -0.25) is 9.78 Å². The van der Waals surface area contributed by atoms with E-state index in [1.54, 1.807) is 0 Å². The number of unbranched alkanes of at least 4 members (excludes halogenated alkanes) is 1. The molecule has 0 saturated heterocycles. The molecule has 0 aliphatic carbocycles. The minimum Gasteiger partial charge on any atom is -0.336 e. The van der Waals surface area contributed by atoms with E-state index in [1.807, 2.05) is 0 Å². The van der Waals surface area contributed by atoms with Crippen LogP contribution in [0.2, 0.25) is 0 Å². The van der Waals surface area contributed by atoms with Gasteiger partial charge < -0.3 is 9.97 Å². The highest BCUT2D eigenvalue weighted by atomic mass is 32.1. The van der Waals surface area contributed by atoms with Gasteiger partial charge in [0, 0.05) is 6.42 Å². The van der Waals surface area contributed by atoms with Crippen molar-refractivity contribution in [1.82, 2.24) is 19.9 Å². The zero-order valence-electron chi connectivity index (χ0n) is 8.39. The molecular weight excluding hydrogens is 212 g/mol. The largest absolute Gasteiger partial charge is 0.336 e.